The van der Waals surface area contributed by atoms with Crippen LogP contribution in [-0.2, 0) is 42.9 Å². The van der Waals surface area contributed by atoms with Crippen molar-refractivity contribution in [1.82, 2.24) is 0 Å². The number of carbonyl (C=O) groups excluding carboxylic acids is 4. The van der Waals surface area contributed by atoms with Crippen LogP contribution >= 0.6 is 0 Å². The third-order valence-corrected chi connectivity index (χ3v) is 5.16. The van der Waals surface area contributed by atoms with Crippen LogP contribution in [0.2, 0.25) is 0 Å². The van der Waals surface area contributed by atoms with E-state index in [0.717, 1.165) is 25.0 Å². The maximum Gasteiger partial charge on any atom is 0.303 e. The van der Waals surface area contributed by atoms with Gasteiger partial charge in [-0.05, 0) is 23.3 Å². The SMILES string of the molecule is CC(=O)OC[C@H]1O[C@H](Oc2ccc(-c3ccccc3)cc2)[C@@H](OC(C)=O)[C@@H](OC(C)=O)[C@@H]1OC(C)=O. The van der Waals surface area contributed by atoms with Gasteiger partial charge in [0.2, 0.25) is 12.4 Å². The molecule has 36 heavy (non-hydrogen) atoms. The Morgan fingerprint density at radius 1 is 0.667 bits per heavy atom. The van der Waals surface area contributed by atoms with Crippen LogP contribution < -0.4 is 4.74 Å². The summed E-state index contributed by atoms with van der Waals surface area (Å²) < 4.78 is 33.2. The molecule has 1 fully saturated rings. The van der Waals surface area contributed by atoms with Crippen molar-refractivity contribution in [2.24, 2.45) is 0 Å². The van der Waals surface area contributed by atoms with Gasteiger partial charge in [0.05, 0.1) is 0 Å². The number of hydrogen-bond donors (Lipinski definition) is 0. The van der Waals surface area contributed by atoms with Gasteiger partial charge in [0.15, 0.2) is 12.2 Å². The van der Waals surface area contributed by atoms with Gasteiger partial charge in [0.25, 0.3) is 0 Å². The monoisotopic (exact) mass is 500 g/mol. The molecule has 1 aliphatic heterocycles. The molecule has 1 heterocycles. The summed E-state index contributed by atoms with van der Waals surface area (Å²) in [6.07, 6.45) is -6.19. The summed E-state index contributed by atoms with van der Waals surface area (Å²) in [5, 5.41) is 0. The minimum Gasteiger partial charge on any atom is -0.463 e. The van der Waals surface area contributed by atoms with E-state index in [1.807, 2.05) is 42.5 Å². The van der Waals surface area contributed by atoms with Gasteiger partial charge in [-0.25, -0.2) is 0 Å². The van der Waals surface area contributed by atoms with Gasteiger partial charge in [0, 0.05) is 27.7 Å². The van der Waals surface area contributed by atoms with Crippen molar-refractivity contribution in [3.8, 4) is 16.9 Å². The summed E-state index contributed by atoms with van der Waals surface area (Å²) in [4.78, 5) is 47.1. The first-order valence-electron chi connectivity index (χ1n) is 11.3. The fourth-order valence-electron chi connectivity index (χ4n) is 3.77. The van der Waals surface area contributed by atoms with Crippen molar-refractivity contribution in [3.05, 3.63) is 54.6 Å². The maximum absolute atomic E-state index is 11.9. The van der Waals surface area contributed by atoms with E-state index in [9.17, 15) is 19.2 Å². The van der Waals surface area contributed by atoms with Crippen molar-refractivity contribution in [3.63, 3.8) is 0 Å². The van der Waals surface area contributed by atoms with Gasteiger partial charge < -0.3 is 28.4 Å². The molecule has 3 rings (SSSR count). The Morgan fingerprint density at radius 2 is 1.19 bits per heavy atom. The number of carbonyl (C=O) groups is 4. The van der Waals surface area contributed by atoms with Crippen LogP contribution in [-0.4, -0.2) is 61.2 Å². The molecule has 192 valence electrons. The maximum atomic E-state index is 11.9. The highest BCUT2D eigenvalue weighted by molar-refractivity contribution is 5.69. The highest BCUT2D eigenvalue weighted by Crippen LogP contribution is 2.31. The molecule has 0 amide bonds. The summed E-state index contributed by atoms with van der Waals surface area (Å²) in [6.45, 7) is 4.36. The minimum absolute atomic E-state index is 0.329. The van der Waals surface area contributed by atoms with Crippen molar-refractivity contribution in [2.75, 3.05) is 6.61 Å². The molecule has 0 spiro atoms. The second kappa shape index (κ2) is 12.2. The Bertz CT molecular complexity index is 1070. The Labute approximate surface area is 208 Å². The van der Waals surface area contributed by atoms with Gasteiger partial charge in [-0.2, -0.15) is 0 Å². The zero-order valence-electron chi connectivity index (χ0n) is 20.4. The van der Waals surface area contributed by atoms with E-state index in [1.165, 1.54) is 13.8 Å². The molecule has 0 radical (unpaired) electrons. The van der Waals surface area contributed by atoms with E-state index in [1.54, 1.807) is 12.1 Å². The largest absolute Gasteiger partial charge is 0.463 e. The Balaban J connectivity index is 1.92. The summed E-state index contributed by atoms with van der Waals surface area (Å²) in [6, 6.07) is 16.8. The zero-order chi connectivity index (χ0) is 26.2. The minimum atomic E-state index is -1.29. The first kappa shape index (κ1) is 26.7. The second-order valence-corrected chi connectivity index (χ2v) is 8.08. The molecule has 1 aliphatic rings. The molecule has 10 nitrogen and oxygen atoms in total. The third kappa shape index (κ3) is 7.29. The molecule has 0 unspecified atom stereocenters. The number of rotatable bonds is 8. The van der Waals surface area contributed by atoms with Crippen molar-refractivity contribution in [2.45, 2.75) is 58.4 Å². The van der Waals surface area contributed by atoms with Crippen LogP contribution in [0.1, 0.15) is 27.7 Å². The topological polar surface area (TPSA) is 124 Å². The van der Waals surface area contributed by atoms with Gasteiger partial charge in [-0.1, -0.05) is 42.5 Å². The van der Waals surface area contributed by atoms with Gasteiger partial charge in [-0.15, -0.1) is 0 Å². The Morgan fingerprint density at radius 3 is 1.75 bits per heavy atom. The van der Waals surface area contributed by atoms with Crippen LogP contribution in [0.4, 0.5) is 0 Å². The quantitative estimate of drug-likeness (QED) is 0.395. The average molecular weight is 501 g/mol. The van der Waals surface area contributed by atoms with Crippen LogP contribution in [0.15, 0.2) is 54.6 Å². The molecule has 2 aromatic rings. The molecule has 1 saturated heterocycles. The van der Waals surface area contributed by atoms with E-state index in [4.69, 9.17) is 28.4 Å². The van der Waals surface area contributed by atoms with Gasteiger partial charge >= 0.3 is 23.9 Å². The summed E-state index contributed by atoms with van der Waals surface area (Å²) in [7, 11) is 0. The van der Waals surface area contributed by atoms with Crippen LogP contribution in [0.5, 0.6) is 5.75 Å². The van der Waals surface area contributed by atoms with Gasteiger partial charge in [0.1, 0.15) is 18.5 Å². The molecule has 0 aliphatic carbocycles. The molecule has 0 N–H and O–H groups in total. The van der Waals surface area contributed by atoms with Crippen molar-refractivity contribution < 1.29 is 47.6 Å². The van der Waals surface area contributed by atoms with Crippen LogP contribution in [0.25, 0.3) is 11.1 Å². The van der Waals surface area contributed by atoms with E-state index < -0.39 is 54.6 Å². The molecule has 10 heteroatoms. The second-order valence-electron chi connectivity index (χ2n) is 8.08. The van der Waals surface area contributed by atoms with Gasteiger partial charge in [-0.3, -0.25) is 19.2 Å². The smallest absolute Gasteiger partial charge is 0.303 e. The molecular formula is C26H28O10. The summed E-state index contributed by atoms with van der Waals surface area (Å²) in [5.74, 6) is -2.34. The molecule has 0 saturated carbocycles. The number of ether oxygens (including phenoxy) is 6. The van der Waals surface area contributed by atoms with E-state index >= 15 is 0 Å². The lowest BCUT2D eigenvalue weighted by atomic mass is 9.98. The lowest BCUT2D eigenvalue weighted by Crippen LogP contribution is -2.63. The van der Waals surface area contributed by atoms with Crippen LogP contribution in [0, 0.1) is 0 Å². The molecule has 0 bridgehead atoms. The molecule has 2 aromatic carbocycles. The highest BCUT2D eigenvalue weighted by atomic mass is 16.7. The zero-order valence-corrected chi connectivity index (χ0v) is 20.4. The summed E-state index contributed by atoms with van der Waals surface area (Å²) >= 11 is 0. The Hall–Kier alpha value is -3.92. The first-order valence-corrected chi connectivity index (χ1v) is 11.3. The van der Waals surface area contributed by atoms with E-state index in [2.05, 4.69) is 0 Å². The fourth-order valence-corrected chi connectivity index (χ4v) is 3.77. The Kier molecular flexibility index (Phi) is 9.02. The summed E-state index contributed by atoms with van der Waals surface area (Å²) in [5.41, 5.74) is 1.96. The number of hydrogen-bond acceptors (Lipinski definition) is 10. The van der Waals surface area contributed by atoms with E-state index in [0.29, 0.717) is 5.75 Å². The van der Waals surface area contributed by atoms with Crippen LogP contribution in [0.3, 0.4) is 0 Å². The normalized spacial score (nSPS) is 23.2. The highest BCUT2D eigenvalue weighted by Gasteiger charge is 2.53. The lowest BCUT2D eigenvalue weighted by molar-refractivity contribution is -0.288. The molecule has 0 aromatic heterocycles. The molecule has 5 atom stereocenters. The van der Waals surface area contributed by atoms with E-state index in [-0.39, 0.29) is 6.61 Å². The predicted octanol–water partition coefficient (Wildman–Crippen LogP) is 2.82. The number of benzene rings is 2. The number of esters is 4. The standard InChI is InChI=1S/C26H28O10/c1-15(27)31-14-22-23(32-16(2)28)24(33-17(3)29)25(34-18(4)30)26(36-22)35-21-12-10-20(11-13-21)19-8-6-5-7-9-19/h5-13,22-26H,14H2,1-4H3/t22-,23-,24+,25+,26+/m1/s1. The first-order chi connectivity index (χ1) is 17.1. The third-order valence-electron chi connectivity index (χ3n) is 5.16. The predicted molar refractivity (Wildman–Crippen MR) is 124 cm³/mol. The van der Waals surface area contributed by atoms with Crippen molar-refractivity contribution in [1.29, 1.82) is 0 Å². The lowest BCUT2D eigenvalue weighted by Gasteiger charge is -2.43. The van der Waals surface area contributed by atoms with Crippen molar-refractivity contribution >= 4 is 23.9 Å². The molecular weight excluding hydrogens is 472 g/mol. The average Bonchev–Trinajstić information content (AvgIpc) is 2.82. The fraction of sp³-hybridized carbons (Fsp3) is 0.385.